The fraction of sp³-hybridized carbons (Fsp3) is 0.381. The lowest BCUT2D eigenvalue weighted by molar-refractivity contribution is -0.120. The van der Waals surface area contributed by atoms with Crippen LogP contribution >= 0.6 is 15.9 Å². The smallest absolute Gasteiger partial charge is 0.147 e. The van der Waals surface area contributed by atoms with Crippen LogP contribution in [0.4, 0.5) is 0 Å². The molecular weight excluding hydrogens is 348 g/mol. The molecule has 1 aliphatic rings. The zero-order chi connectivity index (χ0) is 16.2. The molecule has 0 aromatic heterocycles. The highest BCUT2D eigenvalue weighted by molar-refractivity contribution is 9.09. The number of carbonyl (C=O) groups is 1. The topological polar surface area (TPSA) is 17.1 Å². The van der Waals surface area contributed by atoms with Crippen LogP contribution in [-0.2, 0) is 4.79 Å². The maximum Gasteiger partial charge on any atom is 0.147 e. The molecule has 1 aliphatic carbocycles. The Labute approximate surface area is 147 Å². The van der Waals surface area contributed by atoms with E-state index in [-0.39, 0.29) is 11.8 Å². The minimum Gasteiger partial charge on any atom is -0.298 e. The Morgan fingerprint density at radius 1 is 1.00 bits per heavy atom. The van der Waals surface area contributed by atoms with E-state index in [1.165, 1.54) is 35.1 Å². The molecule has 0 bridgehead atoms. The normalized spacial score (nSPS) is 14.3. The molecule has 120 valence electrons. The van der Waals surface area contributed by atoms with Crippen molar-refractivity contribution in [2.45, 2.75) is 38.5 Å². The summed E-state index contributed by atoms with van der Waals surface area (Å²) < 4.78 is 0. The Hall–Kier alpha value is -1.41. The van der Waals surface area contributed by atoms with Crippen molar-refractivity contribution in [1.82, 2.24) is 0 Å². The summed E-state index contributed by atoms with van der Waals surface area (Å²) in [5, 5.41) is 0.449. The van der Waals surface area contributed by atoms with Gasteiger partial charge in [0.05, 0.1) is 5.33 Å². The molecule has 0 amide bonds. The highest BCUT2D eigenvalue weighted by Crippen LogP contribution is 2.49. The first kappa shape index (κ1) is 16.4. The third-order valence-electron chi connectivity index (χ3n) is 4.95. The molecule has 1 unspecified atom stereocenters. The van der Waals surface area contributed by atoms with Crippen molar-refractivity contribution < 1.29 is 4.79 Å². The van der Waals surface area contributed by atoms with Crippen molar-refractivity contribution in [3.8, 4) is 11.1 Å². The van der Waals surface area contributed by atoms with Gasteiger partial charge >= 0.3 is 0 Å². The van der Waals surface area contributed by atoms with E-state index in [9.17, 15) is 4.79 Å². The number of ketones is 1. The van der Waals surface area contributed by atoms with Gasteiger partial charge in [-0.1, -0.05) is 90.6 Å². The van der Waals surface area contributed by atoms with E-state index in [0.717, 1.165) is 12.8 Å². The predicted molar refractivity (Wildman–Crippen MR) is 100 cm³/mol. The van der Waals surface area contributed by atoms with Crippen LogP contribution in [0.15, 0.2) is 48.5 Å². The molecular formula is C21H23BrO. The summed E-state index contributed by atoms with van der Waals surface area (Å²) in [7, 11) is 0. The van der Waals surface area contributed by atoms with Crippen molar-refractivity contribution in [2.75, 3.05) is 5.33 Å². The van der Waals surface area contributed by atoms with Gasteiger partial charge in [0, 0.05) is 11.8 Å². The van der Waals surface area contributed by atoms with Gasteiger partial charge in [0.2, 0.25) is 0 Å². The summed E-state index contributed by atoms with van der Waals surface area (Å²) in [5.74, 6) is 0.618. The van der Waals surface area contributed by atoms with Crippen molar-refractivity contribution >= 4 is 21.7 Å². The predicted octanol–water partition coefficient (Wildman–Crippen LogP) is 5.96. The Bertz CT molecular complexity index is 646. The average Bonchev–Trinajstić information content (AvgIpc) is 2.93. The maximum atomic E-state index is 12.7. The number of halogens is 1. The van der Waals surface area contributed by atoms with Crippen molar-refractivity contribution in [1.29, 1.82) is 0 Å². The molecule has 2 aromatic carbocycles. The number of carbonyl (C=O) groups excluding carboxylic acids is 1. The number of unbranched alkanes of at least 4 members (excludes halogenated alkanes) is 2. The molecule has 2 aromatic rings. The van der Waals surface area contributed by atoms with Crippen LogP contribution in [-0.4, -0.2) is 11.1 Å². The first-order chi connectivity index (χ1) is 11.3. The highest BCUT2D eigenvalue weighted by atomic mass is 79.9. The van der Waals surface area contributed by atoms with Crippen LogP contribution in [0.2, 0.25) is 0 Å². The molecule has 1 nitrogen and oxygen atoms in total. The molecule has 0 heterocycles. The first-order valence-electron chi connectivity index (χ1n) is 8.54. The molecule has 1 atom stereocenters. The molecule has 0 saturated heterocycles. The minimum absolute atomic E-state index is 0.0747. The van der Waals surface area contributed by atoms with E-state index >= 15 is 0 Å². The van der Waals surface area contributed by atoms with E-state index in [0.29, 0.717) is 11.1 Å². The van der Waals surface area contributed by atoms with Gasteiger partial charge in [0.25, 0.3) is 0 Å². The monoisotopic (exact) mass is 370 g/mol. The van der Waals surface area contributed by atoms with Crippen molar-refractivity contribution in [3.63, 3.8) is 0 Å². The fourth-order valence-electron chi connectivity index (χ4n) is 3.85. The van der Waals surface area contributed by atoms with Gasteiger partial charge in [-0.15, -0.1) is 0 Å². The summed E-state index contributed by atoms with van der Waals surface area (Å²) in [4.78, 5) is 12.7. The summed E-state index contributed by atoms with van der Waals surface area (Å²) in [6, 6.07) is 17.2. The quantitative estimate of drug-likeness (QED) is 0.434. The Kier molecular flexibility index (Phi) is 5.32. The van der Waals surface area contributed by atoms with Crippen LogP contribution in [0, 0.1) is 5.92 Å². The lowest BCUT2D eigenvalue weighted by Gasteiger charge is -2.24. The first-order valence-corrected chi connectivity index (χ1v) is 9.67. The van der Waals surface area contributed by atoms with Gasteiger partial charge in [0.1, 0.15) is 5.78 Å². The van der Waals surface area contributed by atoms with Crippen LogP contribution in [0.3, 0.4) is 0 Å². The molecule has 23 heavy (non-hydrogen) atoms. The molecule has 0 radical (unpaired) electrons. The molecule has 0 spiro atoms. The number of hydrogen-bond donors (Lipinski definition) is 0. The van der Waals surface area contributed by atoms with Gasteiger partial charge in [-0.3, -0.25) is 4.79 Å². The van der Waals surface area contributed by atoms with Gasteiger partial charge in [-0.05, 0) is 28.7 Å². The lowest BCUT2D eigenvalue weighted by Crippen LogP contribution is -2.23. The lowest BCUT2D eigenvalue weighted by atomic mass is 9.79. The van der Waals surface area contributed by atoms with E-state index < -0.39 is 0 Å². The number of Topliss-reactive ketones (excluding diaryl/α,β-unsaturated/α-hetero) is 1. The third-order valence-corrected chi connectivity index (χ3v) is 5.50. The van der Waals surface area contributed by atoms with Crippen LogP contribution in [0.25, 0.3) is 11.1 Å². The summed E-state index contributed by atoms with van der Waals surface area (Å²) in [6.45, 7) is 2.21. The van der Waals surface area contributed by atoms with Crippen LogP contribution in [0.1, 0.15) is 49.7 Å². The third kappa shape index (κ3) is 3.14. The highest BCUT2D eigenvalue weighted by Gasteiger charge is 2.36. The Morgan fingerprint density at radius 2 is 1.57 bits per heavy atom. The van der Waals surface area contributed by atoms with Crippen molar-refractivity contribution in [3.05, 3.63) is 59.7 Å². The average molecular weight is 371 g/mol. The van der Waals surface area contributed by atoms with E-state index in [1.54, 1.807) is 0 Å². The van der Waals surface area contributed by atoms with Gasteiger partial charge in [-0.2, -0.15) is 0 Å². The summed E-state index contributed by atoms with van der Waals surface area (Å²) in [6.07, 6.45) is 4.49. The Balaban J connectivity index is 2.03. The number of alkyl halides is 1. The molecule has 3 rings (SSSR count). The number of rotatable bonds is 7. The standard InChI is InChI=1S/C21H23BrO/c1-2-3-4-13-19(20(23)14-22)21-17-11-7-5-9-15(17)16-10-6-8-12-18(16)21/h5-12,19,21H,2-4,13-14H2,1H3. The van der Waals surface area contributed by atoms with Gasteiger partial charge in [-0.25, -0.2) is 0 Å². The SMILES string of the molecule is CCCCCC(C(=O)CBr)C1c2ccccc2-c2ccccc21. The molecule has 0 N–H and O–H groups in total. The molecule has 0 fully saturated rings. The molecule has 2 heteroatoms. The fourth-order valence-corrected chi connectivity index (χ4v) is 4.27. The Morgan fingerprint density at radius 3 is 2.09 bits per heavy atom. The maximum absolute atomic E-state index is 12.7. The zero-order valence-electron chi connectivity index (χ0n) is 13.6. The van der Waals surface area contributed by atoms with E-state index in [4.69, 9.17) is 0 Å². The van der Waals surface area contributed by atoms with Crippen LogP contribution in [0.5, 0.6) is 0 Å². The summed E-state index contributed by atoms with van der Waals surface area (Å²) in [5.41, 5.74) is 5.25. The second-order valence-electron chi connectivity index (χ2n) is 6.35. The zero-order valence-corrected chi connectivity index (χ0v) is 15.2. The van der Waals surface area contributed by atoms with Gasteiger partial charge < -0.3 is 0 Å². The van der Waals surface area contributed by atoms with Crippen molar-refractivity contribution in [2.24, 2.45) is 5.92 Å². The van der Waals surface area contributed by atoms with Gasteiger partial charge in [0.15, 0.2) is 0 Å². The second kappa shape index (κ2) is 7.44. The van der Waals surface area contributed by atoms with Crippen LogP contribution < -0.4 is 0 Å². The second-order valence-corrected chi connectivity index (χ2v) is 6.92. The number of benzene rings is 2. The summed E-state index contributed by atoms with van der Waals surface area (Å²) >= 11 is 3.40. The largest absolute Gasteiger partial charge is 0.298 e. The number of fused-ring (bicyclic) bond motifs is 3. The minimum atomic E-state index is 0.0747. The van der Waals surface area contributed by atoms with E-state index in [1.807, 2.05) is 0 Å². The number of hydrogen-bond acceptors (Lipinski definition) is 1. The van der Waals surface area contributed by atoms with E-state index in [2.05, 4.69) is 71.4 Å². The molecule has 0 aliphatic heterocycles. The molecule has 0 saturated carbocycles.